The van der Waals surface area contributed by atoms with E-state index < -0.39 is 10.0 Å². The quantitative estimate of drug-likeness (QED) is 0.379. The Balaban J connectivity index is 3.04. The number of ether oxygens (including phenoxy) is 1. The van der Waals surface area contributed by atoms with Gasteiger partial charge in [0.2, 0.25) is 10.0 Å². The first-order valence-corrected chi connectivity index (χ1v) is 12.8. The molecule has 0 saturated carbocycles. The lowest BCUT2D eigenvalue weighted by Gasteiger charge is -2.33. The van der Waals surface area contributed by atoms with Crippen molar-refractivity contribution in [3.8, 4) is 5.75 Å². The summed E-state index contributed by atoms with van der Waals surface area (Å²) in [7, 11) is -3.77. The Labute approximate surface area is 184 Å². The van der Waals surface area contributed by atoms with E-state index in [1.165, 1.54) is 25.7 Å². The predicted octanol–water partition coefficient (Wildman–Crippen LogP) is 5.41. The maximum atomic E-state index is 12.9. The summed E-state index contributed by atoms with van der Waals surface area (Å²) in [6.07, 6.45) is 7.80. The zero-order valence-corrected chi connectivity index (χ0v) is 20.7. The molecule has 174 valence electrons. The third kappa shape index (κ3) is 9.36. The van der Waals surface area contributed by atoms with Crippen molar-refractivity contribution in [2.45, 2.75) is 96.8 Å². The monoisotopic (exact) mass is 441 g/mol. The molecule has 2 N–H and O–H groups in total. The highest BCUT2D eigenvalue weighted by Gasteiger charge is 2.30. The Hall–Kier alpha value is -1.11. The Morgan fingerprint density at radius 3 is 2.23 bits per heavy atom. The molecule has 0 bridgehead atoms. The molecule has 0 aliphatic rings. The van der Waals surface area contributed by atoms with E-state index in [-0.39, 0.29) is 28.9 Å². The van der Waals surface area contributed by atoms with Crippen molar-refractivity contribution in [3.05, 3.63) is 23.8 Å². The number of aliphatic hydroxyl groups is 1. The average molecular weight is 442 g/mol. The highest BCUT2D eigenvalue weighted by Crippen LogP contribution is 2.38. The van der Waals surface area contributed by atoms with Crippen molar-refractivity contribution in [2.75, 3.05) is 19.8 Å². The number of unbranched alkanes of at least 4 members (excludes halogenated alkanes) is 5. The molecular weight excluding hydrogens is 398 g/mol. The van der Waals surface area contributed by atoms with Crippen LogP contribution in [0, 0.1) is 5.41 Å². The SMILES string of the molecule is CCCCCCCCOc1ccc(C(C)(C)CC(C)(C)C)cc1S(=O)(=O)NCCO. The Morgan fingerprint density at radius 2 is 1.63 bits per heavy atom. The van der Waals surface area contributed by atoms with Crippen molar-refractivity contribution in [1.29, 1.82) is 0 Å². The minimum absolute atomic E-state index is 0.0190. The number of hydrogen-bond donors (Lipinski definition) is 2. The molecule has 0 radical (unpaired) electrons. The summed E-state index contributed by atoms with van der Waals surface area (Å²) in [6.45, 7) is 13.3. The zero-order chi connectivity index (χ0) is 22.8. The van der Waals surface area contributed by atoms with Gasteiger partial charge in [0.1, 0.15) is 10.6 Å². The van der Waals surface area contributed by atoms with Gasteiger partial charge in [0.25, 0.3) is 0 Å². The minimum Gasteiger partial charge on any atom is -0.492 e. The molecule has 1 rings (SSSR count). The molecule has 0 aromatic heterocycles. The lowest BCUT2D eigenvalue weighted by atomic mass is 9.72. The van der Waals surface area contributed by atoms with Gasteiger partial charge in [0.15, 0.2) is 0 Å². The second kappa shape index (κ2) is 12.1. The molecule has 30 heavy (non-hydrogen) atoms. The molecule has 5 nitrogen and oxygen atoms in total. The number of nitrogens with one attached hydrogen (secondary N) is 1. The first kappa shape index (κ1) is 26.9. The molecular formula is C24H43NO4S. The van der Waals surface area contributed by atoms with Gasteiger partial charge in [-0.05, 0) is 41.4 Å². The smallest absolute Gasteiger partial charge is 0.244 e. The lowest BCUT2D eigenvalue weighted by Crippen LogP contribution is -2.29. The van der Waals surface area contributed by atoms with Gasteiger partial charge in [-0.1, -0.05) is 79.7 Å². The van der Waals surface area contributed by atoms with Crippen LogP contribution < -0.4 is 9.46 Å². The maximum absolute atomic E-state index is 12.9. The van der Waals surface area contributed by atoms with Gasteiger partial charge in [0.05, 0.1) is 13.2 Å². The first-order valence-electron chi connectivity index (χ1n) is 11.3. The molecule has 1 aromatic rings. The van der Waals surface area contributed by atoms with Crippen molar-refractivity contribution < 1.29 is 18.3 Å². The molecule has 0 unspecified atom stereocenters. The third-order valence-corrected chi connectivity index (χ3v) is 6.63. The molecule has 0 saturated heterocycles. The summed E-state index contributed by atoms with van der Waals surface area (Å²) in [6, 6.07) is 5.50. The standard InChI is InChI=1S/C24H43NO4S/c1-7-8-9-10-11-12-17-29-21-14-13-20(24(5,6)19-23(2,3)4)18-22(21)30(27,28)25-15-16-26/h13-14,18,25-26H,7-12,15-17,19H2,1-6H3. The van der Waals surface area contributed by atoms with Gasteiger partial charge in [0, 0.05) is 6.54 Å². The molecule has 0 aliphatic heterocycles. The van der Waals surface area contributed by atoms with E-state index >= 15 is 0 Å². The van der Waals surface area contributed by atoms with E-state index in [1.54, 1.807) is 12.1 Å². The van der Waals surface area contributed by atoms with Gasteiger partial charge in [-0.2, -0.15) is 0 Å². The van der Waals surface area contributed by atoms with Gasteiger partial charge < -0.3 is 9.84 Å². The summed E-state index contributed by atoms with van der Waals surface area (Å²) in [4.78, 5) is 0.154. The van der Waals surface area contributed by atoms with Crippen molar-refractivity contribution in [2.24, 2.45) is 5.41 Å². The van der Waals surface area contributed by atoms with E-state index in [2.05, 4.69) is 46.3 Å². The fraction of sp³-hybridized carbons (Fsp3) is 0.750. The molecule has 0 heterocycles. The summed E-state index contributed by atoms with van der Waals surface area (Å²) in [5.74, 6) is 0.379. The van der Waals surface area contributed by atoms with Crippen LogP contribution in [-0.2, 0) is 15.4 Å². The van der Waals surface area contributed by atoms with Crippen molar-refractivity contribution in [1.82, 2.24) is 4.72 Å². The molecule has 0 spiro atoms. The van der Waals surface area contributed by atoms with Crippen LogP contribution in [0.15, 0.2) is 23.1 Å². The topological polar surface area (TPSA) is 75.6 Å². The first-order chi connectivity index (χ1) is 13.9. The van der Waals surface area contributed by atoms with Crippen LogP contribution in [0.3, 0.4) is 0 Å². The van der Waals surface area contributed by atoms with E-state index in [0.29, 0.717) is 12.4 Å². The number of benzene rings is 1. The maximum Gasteiger partial charge on any atom is 0.244 e. The normalized spacial score (nSPS) is 12.9. The lowest BCUT2D eigenvalue weighted by molar-refractivity contribution is 0.281. The molecule has 1 aromatic carbocycles. The summed E-state index contributed by atoms with van der Waals surface area (Å²) in [5.41, 5.74) is 0.899. The van der Waals surface area contributed by atoms with Gasteiger partial charge in [-0.3, -0.25) is 0 Å². The van der Waals surface area contributed by atoms with E-state index in [1.807, 2.05) is 6.07 Å². The number of hydrogen-bond acceptors (Lipinski definition) is 4. The summed E-state index contributed by atoms with van der Waals surface area (Å²) >= 11 is 0. The van der Waals surface area contributed by atoms with Crippen LogP contribution in [0.1, 0.15) is 92.1 Å². The number of rotatable bonds is 14. The van der Waals surface area contributed by atoms with E-state index in [9.17, 15) is 8.42 Å². The Morgan fingerprint density at radius 1 is 1.00 bits per heavy atom. The van der Waals surface area contributed by atoms with Crippen LogP contribution in [0.2, 0.25) is 0 Å². The second-order valence-electron chi connectivity index (χ2n) is 10.0. The van der Waals surface area contributed by atoms with Crippen LogP contribution >= 0.6 is 0 Å². The highest BCUT2D eigenvalue weighted by atomic mass is 32.2. The second-order valence-corrected chi connectivity index (χ2v) is 11.8. The Bertz CT molecular complexity index is 736. The van der Waals surface area contributed by atoms with E-state index in [0.717, 1.165) is 24.8 Å². The van der Waals surface area contributed by atoms with Crippen molar-refractivity contribution in [3.63, 3.8) is 0 Å². The van der Waals surface area contributed by atoms with Crippen LogP contribution in [0.25, 0.3) is 0 Å². The fourth-order valence-corrected chi connectivity index (χ4v) is 5.20. The molecule has 0 atom stereocenters. The number of sulfonamides is 1. The van der Waals surface area contributed by atoms with Gasteiger partial charge in [-0.25, -0.2) is 13.1 Å². The summed E-state index contributed by atoms with van der Waals surface area (Å²) in [5, 5.41) is 9.06. The van der Waals surface area contributed by atoms with Crippen LogP contribution in [0.4, 0.5) is 0 Å². The van der Waals surface area contributed by atoms with E-state index in [4.69, 9.17) is 9.84 Å². The minimum atomic E-state index is -3.77. The molecule has 6 heteroatoms. The number of aliphatic hydroxyl groups excluding tert-OH is 1. The Kier molecular flexibility index (Phi) is 10.8. The van der Waals surface area contributed by atoms with Crippen LogP contribution in [0.5, 0.6) is 5.75 Å². The fourth-order valence-electron chi connectivity index (χ4n) is 4.01. The molecule has 0 fully saturated rings. The third-order valence-electron chi connectivity index (χ3n) is 5.15. The van der Waals surface area contributed by atoms with Crippen molar-refractivity contribution >= 4 is 10.0 Å². The zero-order valence-electron chi connectivity index (χ0n) is 19.9. The van der Waals surface area contributed by atoms with Crippen LogP contribution in [-0.4, -0.2) is 33.3 Å². The molecule has 0 amide bonds. The summed E-state index contributed by atoms with van der Waals surface area (Å²) < 4.78 is 34.1. The average Bonchev–Trinajstić information content (AvgIpc) is 2.63. The largest absolute Gasteiger partial charge is 0.492 e. The van der Waals surface area contributed by atoms with Gasteiger partial charge >= 0.3 is 0 Å². The predicted molar refractivity (Wildman–Crippen MR) is 125 cm³/mol. The molecule has 0 aliphatic carbocycles. The highest BCUT2D eigenvalue weighted by molar-refractivity contribution is 7.89. The van der Waals surface area contributed by atoms with Gasteiger partial charge in [-0.15, -0.1) is 0 Å².